The van der Waals surface area contributed by atoms with E-state index in [1.165, 1.54) is 25.7 Å². The van der Waals surface area contributed by atoms with E-state index in [0.29, 0.717) is 13.2 Å². The average Bonchev–Trinajstić information content (AvgIpc) is 2.30. The predicted octanol–water partition coefficient (Wildman–Crippen LogP) is 2.72. The first-order valence-corrected chi connectivity index (χ1v) is 7.06. The minimum absolute atomic E-state index is 0.250. The molecule has 0 fully saturated rings. The van der Waals surface area contributed by atoms with Crippen LogP contribution in [0.3, 0.4) is 0 Å². The molecule has 17 heavy (non-hydrogen) atoms. The van der Waals surface area contributed by atoms with Gasteiger partial charge in [0.05, 0.1) is 18.3 Å². The largest absolute Gasteiger partial charge is 0.386 e. The van der Waals surface area contributed by atoms with Crippen LogP contribution in [0.15, 0.2) is 0 Å². The van der Waals surface area contributed by atoms with E-state index in [1.807, 2.05) is 13.8 Å². The molecule has 3 nitrogen and oxygen atoms in total. The van der Waals surface area contributed by atoms with Crippen LogP contribution in [0.4, 0.5) is 0 Å². The van der Waals surface area contributed by atoms with E-state index in [-0.39, 0.29) is 6.10 Å². The van der Waals surface area contributed by atoms with Gasteiger partial charge in [0.1, 0.15) is 0 Å². The number of aliphatic hydroxyl groups is 1. The van der Waals surface area contributed by atoms with Crippen molar-refractivity contribution in [1.82, 2.24) is 5.32 Å². The summed E-state index contributed by atoms with van der Waals surface area (Å²) in [6, 6.07) is 0. The maximum atomic E-state index is 10.0. The Morgan fingerprint density at radius 1 is 1.24 bits per heavy atom. The molecule has 3 heteroatoms. The van der Waals surface area contributed by atoms with Gasteiger partial charge in [0.25, 0.3) is 0 Å². The molecule has 0 heterocycles. The summed E-state index contributed by atoms with van der Waals surface area (Å²) in [4.78, 5) is 0. The molecule has 0 rings (SSSR count). The van der Waals surface area contributed by atoms with Crippen molar-refractivity contribution >= 4 is 0 Å². The van der Waals surface area contributed by atoms with Crippen LogP contribution in [0, 0.1) is 0 Å². The molecule has 0 aliphatic rings. The Morgan fingerprint density at radius 3 is 2.53 bits per heavy atom. The Kier molecular flexibility index (Phi) is 9.79. The predicted molar refractivity (Wildman–Crippen MR) is 73.3 cm³/mol. The summed E-state index contributed by atoms with van der Waals surface area (Å²) in [5.41, 5.74) is -0.756. The van der Waals surface area contributed by atoms with Crippen molar-refractivity contribution in [3.63, 3.8) is 0 Å². The number of ether oxygens (including phenoxy) is 1. The molecule has 0 aromatic heterocycles. The van der Waals surface area contributed by atoms with Gasteiger partial charge in [0, 0.05) is 6.54 Å². The van der Waals surface area contributed by atoms with Crippen LogP contribution >= 0.6 is 0 Å². The molecule has 0 spiro atoms. The van der Waals surface area contributed by atoms with E-state index in [0.717, 1.165) is 13.0 Å². The van der Waals surface area contributed by atoms with E-state index in [4.69, 9.17) is 4.74 Å². The zero-order valence-corrected chi connectivity index (χ0v) is 12.1. The molecular formula is C14H31NO2. The summed E-state index contributed by atoms with van der Waals surface area (Å²) in [6.45, 7) is 10.0. The molecule has 0 aliphatic heterocycles. The average molecular weight is 245 g/mol. The summed E-state index contributed by atoms with van der Waals surface area (Å²) < 4.78 is 5.69. The van der Waals surface area contributed by atoms with Crippen LogP contribution in [0.2, 0.25) is 0 Å². The summed E-state index contributed by atoms with van der Waals surface area (Å²) in [5, 5.41) is 13.2. The highest BCUT2D eigenvalue weighted by Crippen LogP contribution is 2.10. The van der Waals surface area contributed by atoms with Crippen LogP contribution < -0.4 is 5.32 Å². The van der Waals surface area contributed by atoms with Gasteiger partial charge in [-0.15, -0.1) is 0 Å². The first-order valence-electron chi connectivity index (χ1n) is 7.06. The third-order valence-corrected chi connectivity index (χ3v) is 2.90. The van der Waals surface area contributed by atoms with Crippen LogP contribution in [0.5, 0.6) is 0 Å². The smallest absolute Gasteiger partial charge is 0.0975 e. The molecule has 0 aromatic rings. The summed E-state index contributed by atoms with van der Waals surface area (Å²) >= 11 is 0. The molecule has 0 aromatic carbocycles. The molecular weight excluding hydrogens is 214 g/mol. The van der Waals surface area contributed by atoms with Gasteiger partial charge in [-0.25, -0.2) is 0 Å². The Bertz CT molecular complexity index is 172. The van der Waals surface area contributed by atoms with Gasteiger partial charge >= 0.3 is 0 Å². The number of hydrogen-bond acceptors (Lipinski definition) is 3. The first kappa shape index (κ1) is 16.9. The fourth-order valence-electron chi connectivity index (χ4n) is 1.71. The van der Waals surface area contributed by atoms with E-state index in [2.05, 4.69) is 19.2 Å². The molecule has 0 amide bonds. The monoisotopic (exact) mass is 245 g/mol. The lowest BCUT2D eigenvalue weighted by molar-refractivity contribution is -0.0587. The molecule has 0 saturated carbocycles. The zero-order chi connectivity index (χ0) is 13.1. The number of unbranched alkanes of at least 4 members (excludes halogenated alkanes) is 3. The Balaban J connectivity index is 3.56. The maximum absolute atomic E-state index is 10.0. The number of nitrogens with one attached hydrogen (secondary N) is 1. The number of hydrogen-bond donors (Lipinski definition) is 2. The lowest BCUT2D eigenvalue weighted by Gasteiger charge is -2.25. The highest BCUT2D eigenvalue weighted by molar-refractivity contribution is 4.75. The van der Waals surface area contributed by atoms with Gasteiger partial charge in [-0.05, 0) is 26.8 Å². The fraction of sp³-hybridized carbons (Fsp3) is 1.00. The number of likely N-dealkylation sites (N-methyl/N-ethyl adjacent to an activating group) is 1. The Morgan fingerprint density at radius 2 is 1.94 bits per heavy atom. The quantitative estimate of drug-likeness (QED) is 0.550. The van der Waals surface area contributed by atoms with E-state index < -0.39 is 5.60 Å². The molecule has 104 valence electrons. The molecule has 0 saturated heterocycles. The second kappa shape index (κ2) is 9.86. The molecule has 2 N–H and O–H groups in total. The van der Waals surface area contributed by atoms with Gasteiger partial charge in [0.2, 0.25) is 0 Å². The normalized spacial score (nSPS) is 16.8. The van der Waals surface area contributed by atoms with E-state index >= 15 is 0 Å². The number of rotatable bonds is 11. The third-order valence-electron chi connectivity index (χ3n) is 2.90. The summed E-state index contributed by atoms with van der Waals surface area (Å²) in [7, 11) is 0. The van der Waals surface area contributed by atoms with E-state index in [1.54, 1.807) is 0 Å². The first-order chi connectivity index (χ1) is 8.02. The highest BCUT2D eigenvalue weighted by atomic mass is 16.5. The van der Waals surface area contributed by atoms with Crippen molar-refractivity contribution in [2.24, 2.45) is 0 Å². The van der Waals surface area contributed by atoms with Crippen LogP contribution in [-0.2, 0) is 4.74 Å². The second-order valence-corrected chi connectivity index (χ2v) is 5.25. The van der Waals surface area contributed by atoms with Crippen LogP contribution in [-0.4, -0.2) is 36.5 Å². The summed E-state index contributed by atoms with van der Waals surface area (Å²) in [6.07, 6.45) is 6.44. The Hall–Kier alpha value is -0.120. The van der Waals surface area contributed by atoms with Gasteiger partial charge < -0.3 is 15.2 Å². The molecule has 0 bridgehead atoms. The van der Waals surface area contributed by atoms with Crippen molar-refractivity contribution in [3.05, 3.63) is 0 Å². The highest BCUT2D eigenvalue weighted by Gasteiger charge is 2.20. The molecule has 2 unspecified atom stereocenters. The zero-order valence-electron chi connectivity index (χ0n) is 12.1. The second-order valence-electron chi connectivity index (χ2n) is 5.25. The lowest BCUT2D eigenvalue weighted by Crippen LogP contribution is -2.42. The molecule has 2 atom stereocenters. The van der Waals surface area contributed by atoms with Gasteiger partial charge in [-0.3, -0.25) is 0 Å². The maximum Gasteiger partial charge on any atom is 0.0975 e. The summed E-state index contributed by atoms with van der Waals surface area (Å²) in [5.74, 6) is 0. The van der Waals surface area contributed by atoms with Crippen molar-refractivity contribution in [2.75, 3.05) is 19.7 Å². The van der Waals surface area contributed by atoms with Crippen LogP contribution in [0.1, 0.15) is 59.8 Å². The van der Waals surface area contributed by atoms with Crippen LogP contribution in [0.25, 0.3) is 0 Å². The third kappa shape index (κ3) is 10.7. The lowest BCUT2D eigenvalue weighted by atomic mass is 10.1. The minimum atomic E-state index is -0.756. The van der Waals surface area contributed by atoms with Crippen molar-refractivity contribution in [3.8, 4) is 0 Å². The van der Waals surface area contributed by atoms with Gasteiger partial charge in [-0.1, -0.05) is 39.5 Å². The fourth-order valence-corrected chi connectivity index (χ4v) is 1.71. The van der Waals surface area contributed by atoms with Gasteiger partial charge in [-0.2, -0.15) is 0 Å². The van der Waals surface area contributed by atoms with E-state index in [9.17, 15) is 5.11 Å². The van der Waals surface area contributed by atoms with Crippen molar-refractivity contribution in [2.45, 2.75) is 71.5 Å². The minimum Gasteiger partial charge on any atom is -0.386 e. The van der Waals surface area contributed by atoms with Gasteiger partial charge in [0.15, 0.2) is 0 Å². The standard InChI is InChI=1S/C14H31NO2/c1-5-7-8-9-10-13(3)17-12-14(4,16)11-15-6-2/h13,15-16H,5-12H2,1-4H3. The Labute approximate surface area is 107 Å². The van der Waals surface area contributed by atoms with Crippen molar-refractivity contribution < 1.29 is 9.84 Å². The molecule has 0 radical (unpaired) electrons. The van der Waals surface area contributed by atoms with Crippen molar-refractivity contribution in [1.29, 1.82) is 0 Å². The topological polar surface area (TPSA) is 41.5 Å². The SMILES string of the molecule is CCCCCCC(C)OCC(C)(O)CNCC. The molecule has 0 aliphatic carbocycles.